The monoisotopic (exact) mass is 210 g/mol. The summed E-state index contributed by atoms with van der Waals surface area (Å²) in [5.74, 6) is 0.711. The van der Waals surface area contributed by atoms with Gasteiger partial charge in [-0.15, -0.1) is 23.1 Å². The van der Waals surface area contributed by atoms with E-state index in [-0.39, 0.29) is 0 Å². The van der Waals surface area contributed by atoms with Crippen molar-refractivity contribution in [2.24, 2.45) is 5.92 Å². The molecule has 0 aliphatic carbocycles. The van der Waals surface area contributed by atoms with Crippen molar-refractivity contribution in [2.45, 2.75) is 26.0 Å². The van der Waals surface area contributed by atoms with Crippen molar-refractivity contribution in [2.75, 3.05) is 0 Å². The molecule has 0 N–H and O–H groups in total. The minimum absolute atomic E-state index is 0.679. The molecule has 70 valence electrons. The first-order chi connectivity index (χ1) is 6.18. The molecule has 2 atom stereocenters. The van der Waals surface area contributed by atoms with E-state index in [2.05, 4.69) is 37.6 Å². The third kappa shape index (κ3) is 1.70. The van der Waals surface area contributed by atoms with Gasteiger partial charge in [0.15, 0.2) is 0 Å². The first-order valence-electron chi connectivity index (χ1n) is 4.55. The second kappa shape index (κ2) is 3.50. The fraction of sp³-hybridized carbons (Fsp3) is 0.455. The molecule has 2 heteroatoms. The van der Waals surface area contributed by atoms with Crippen LogP contribution in [0.1, 0.15) is 29.5 Å². The lowest BCUT2D eigenvalue weighted by Gasteiger charge is -2.14. The number of rotatable bonds is 1. The molecule has 1 aliphatic rings. The number of thiophene rings is 1. The second-order valence-corrected chi connectivity index (χ2v) is 5.69. The van der Waals surface area contributed by atoms with E-state index in [9.17, 15) is 0 Å². The molecule has 0 amide bonds. The highest BCUT2D eigenvalue weighted by Crippen LogP contribution is 2.48. The highest BCUT2D eigenvalue weighted by atomic mass is 32.2. The summed E-state index contributed by atoms with van der Waals surface area (Å²) < 4.78 is 0. The van der Waals surface area contributed by atoms with E-state index >= 15 is 0 Å². The van der Waals surface area contributed by atoms with Crippen molar-refractivity contribution in [3.63, 3.8) is 0 Å². The van der Waals surface area contributed by atoms with Crippen molar-refractivity contribution in [1.82, 2.24) is 0 Å². The van der Waals surface area contributed by atoms with Crippen molar-refractivity contribution < 1.29 is 0 Å². The van der Waals surface area contributed by atoms with Gasteiger partial charge in [0.2, 0.25) is 0 Å². The van der Waals surface area contributed by atoms with Gasteiger partial charge in [0.25, 0.3) is 0 Å². The predicted octanol–water partition coefficient (Wildman–Crippen LogP) is 4.38. The lowest BCUT2D eigenvalue weighted by molar-refractivity contribution is 0.684. The minimum atomic E-state index is 0.679. The van der Waals surface area contributed by atoms with E-state index in [0.717, 1.165) is 0 Å². The Morgan fingerprint density at radius 1 is 1.31 bits per heavy atom. The van der Waals surface area contributed by atoms with E-state index in [0.29, 0.717) is 11.2 Å². The Morgan fingerprint density at radius 2 is 2.08 bits per heavy atom. The Bertz CT molecular complexity index is 336. The van der Waals surface area contributed by atoms with Gasteiger partial charge in [-0.05, 0) is 42.2 Å². The Hall–Kier alpha value is -0.210. The second-order valence-electron chi connectivity index (χ2n) is 3.73. The molecule has 0 spiro atoms. The van der Waals surface area contributed by atoms with Crippen LogP contribution in [0.15, 0.2) is 22.4 Å². The number of hydrogen-bond donors (Lipinski definition) is 0. The third-order valence-corrected chi connectivity index (χ3v) is 5.35. The fourth-order valence-corrected chi connectivity index (χ4v) is 4.10. The van der Waals surface area contributed by atoms with Crippen LogP contribution in [0.25, 0.3) is 0 Å². The molecule has 1 aromatic heterocycles. The Balaban J connectivity index is 2.21. The molecule has 13 heavy (non-hydrogen) atoms. The maximum atomic E-state index is 2.32. The molecule has 1 unspecified atom stereocenters. The topological polar surface area (TPSA) is 0 Å². The summed E-state index contributed by atoms with van der Waals surface area (Å²) in [7, 11) is 0. The number of aryl methyl sites for hydroxylation is 1. The molecule has 0 saturated heterocycles. The number of allylic oxidation sites excluding steroid dienone is 1. The first-order valence-corrected chi connectivity index (χ1v) is 6.38. The third-order valence-electron chi connectivity index (χ3n) is 2.60. The summed E-state index contributed by atoms with van der Waals surface area (Å²) >= 11 is 3.87. The fourth-order valence-electron chi connectivity index (χ4n) is 1.56. The van der Waals surface area contributed by atoms with Gasteiger partial charge in [0.05, 0.1) is 0 Å². The first kappa shape index (κ1) is 9.35. The van der Waals surface area contributed by atoms with Gasteiger partial charge in [0, 0.05) is 10.1 Å². The number of hydrogen-bond acceptors (Lipinski definition) is 2. The molecular formula is C11H14S2. The van der Waals surface area contributed by atoms with Crippen LogP contribution in [0.4, 0.5) is 0 Å². The Morgan fingerprint density at radius 3 is 2.54 bits per heavy atom. The zero-order valence-electron chi connectivity index (χ0n) is 8.20. The predicted molar refractivity (Wildman–Crippen MR) is 62.3 cm³/mol. The molecule has 2 heterocycles. The molecule has 1 aliphatic heterocycles. The molecule has 0 nitrogen and oxygen atoms in total. The normalized spacial score (nSPS) is 27.8. The Kier molecular flexibility index (Phi) is 2.52. The van der Waals surface area contributed by atoms with E-state index in [4.69, 9.17) is 0 Å². The molecule has 0 radical (unpaired) electrons. The van der Waals surface area contributed by atoms with Crippen LogP contribution in [0.2, 0.25) is 0 Å². The van der Waals surface area contributed by atoms with Crippen LogP contribution in [-0.4, -0.2) is 0 Å². The summed E-state index contributed by atoms with van der Waals surface area (Å²) in [4.78, 5) is 1.53. The summed E-state index contributed by atoms with van der Waals surface area (Å²) in [6, 6.07) is 2.32. The molecular weight excluding hydrogens is 196 g/mol. The quantitative estimate of drug-likeness (QED) is 0.662. The average molecular weight is 210 g/mol. The zero-order chi connectivity index (χ0) is 9.42. The van der Waals surface area contributed by atoms with E-state index in [1.54, 1.807) is 0 Å². The SMILES string of the molecule is CC1=CSC(c2cc(C)cs2)[C@H]1C. The molecule has 0 saturated carbocycles. The lowest BCUT2D eigenvalue weighted by Crippen LogP contribution is -2.00. The summed E-state index contributed by atoms with van der Waals surface area (Å²) in [6.07, 6.45) is 0. The molecule has 1 aromatic rings. The average Bonchev–Trinajstić information content (AvgIpc) is 2.62. The summed E-state index contributed by atoms with van der Waals surface area (Å²) in [5, 5.41) is 5.24. The molecule has 2 rings (SSSR count). The van der Waals surface area contributed by atoms with Crippen LogP contribution in [-0.2, 0) is 0 Å². The summed E-state index contributed by atoms with van der Waals surface area (Å²) in [6.45, 7) is 6.73. The van der Waals surface area contributed by atoms with E-state index < -0.39 is 0 Å². The number of thioether (sulfide) groups is 1. The largest absolute Gasteiger partial charge is 0.147 e. The standard InChI is InChI=1S/C11H14S2/c1-7-4-10(12-5-7)11-9(3)8(2)6-13-11/h4-6,9,11H,1-3H3/t9-,11?/m0/s1. The maximum absolute atomic E-state index is 2.32. The van der Waals surface area contributed by atoms with Gasteiger partial charge in [-0.3, -0.25) is 0 Å². The Labute approximate surface area is 88.1 Å². The van der Waals surface area contributed by atoms with Crippen molar-refractivity contribution >= 4 is 23.1 Å². The van der Waals surface area contributed by atoms with Crippen LogP contribution < -0.4 is 0 Å². The van der Waals surface area contributed by atoms with Gasteiger partial charge >= 0.3 is 0 Å². The van der Waals surface area contributed by atoms with Gasteiger partial charge in [-0.25, -0.2) is 0 Å². The highest BCUT2D eigenvalue weighted by molar-refractivity contribution is 8.02. The van der Waals surface area contributed by atoms with Crippen LogP contribution in [0.3, 0.4) is 0 Å². The summed E-state index contributed by atoms with van der Waals surface area (Å²) in [5.41, 5.74) is 2.93. The van der Waals surface area contributed by atoms with Gasteiger partial charge < -0.3 is 0 Å². The molecule has 0 aromatic carbocycles. The molecule has 0 fully saturated rings. The van der Waals surface area contributed by atoms with Crippen molar-refractivity contribution in [3.05, 3.63) is 32.9 Å². The maximum Gasteiger partial charge on any atom is 0.0495 e. The van der Waals surface area contributed by atoms with Crippen molar-refractivity contribution in [1.29, 1.82) is 0 Å². The van der Waals surface area contributed by atoms with Gasteiger partial charge in [-0.1, -0.05) is 12.5 Å². The van der Waals surface area contributed by atoms with Crippen LogP contribution in [0.5, 0.6) is 0 Å². The lowest BCUT2D eigenvalue weighted by atomic mass is 9.99. The highest BCUT2D eigenvalue weighted by Gasteiger charge is 2.26. The smallest absolute Gasteiger partial charge is 0.0495 e. The minimum Gasteiger partial charge on any atom is -0.147 e. The van der Waals surface area contributed by atoms with E-state index in [1.165, 1.54) is 16.0 Å². The molecule has 0 bridgehead atoms. The zero-order valence-corrected chi connectivity index (χ0v) is 9.84. The van der Waals surface area contributed by atoms with E-state index in [1.807, 2.05) is 23.1 Å². The van der Waals surface area contributed by atoms with Gasteiger partial charge in [-0.2, -0.15) is 0 Å². The van der Waals surface area contributed by atoms with Crippen molar-refractivity contribution in [3.8, 4) is 0 Å². The van der Waals surface area contributed by atoms with Crippen LogP contribution >= 0.6 is 23.1 Å². The van der Waals surface area contributed by atoms with Gasteiger partial charge in [0.1, 0.15) is 0 Å². The van der Waals surface area contributed by atoms with Crippen LogP contribution in [0, 0.1) is 12.8 Å².